The zero-order valence-electron chi connectivity index (χ0n) is 12.8. The van der Waals surface area contributed by atoms with Gasteiger partial charge in [0.15, 0.2) is 0 Å². The lowest BCUT2D eigenvalue weighted by Gasteiger charge is -2.36. The van der Waals surface area contributed by atoms with Gasteiger partial charge in [0.05, 0.1) is 38.7 Å². The smallest absolute Gasteiger partial charge is 0.305 e. The largest absolute Gasteiger partial charge is 0.497 e. The number of carbonyl (C=O) groups excluding carboxylic acids is 1. The first-order valence-corrected chi connectivity index (χ1v) is 7.27. The second-order valence-electron chi connectivity index (χ2n) is 5.36. The molecule has 0 spiro atoms. The molecule has 6 nitrogen and oxygen atoms in total. The highest BCUT2D eigenvalue weighted by molar-refractivity contribution is 5.84. The number of benzene rings is 1. The van der Waals surface area contributed by atoms with Crippen LogP contribution in [0.5, 0.6) is 5.75 Å². The van der Waals surface area contributed by atoms with Gasteiger partial charge in [-0.05, 0) is 24.6 Å². The van der Waals surface area contributed by atoms with Crippen LogP contribution in [0.4, 0.5) is 0 Å². The fraction of sp³-hybridized carbons (Fsp3) is 0.500. The molecule has 1 saturated heterocycles. The summed E-state index contributed by atoms with van der Waals surface area (Å²) in [4.78, 5) is 25.3. The first-order valence-electron chi connectivity index (χ1n) is 7.27. The van der Waals surface area contributed by atoms with Crippen molar-refractivity contribution in [3.05, 3.63) is 29.8 Å². The van der Waals surface area contributed by atoms with Gasteiger partial charge >= 0.3 is 5.97 Å². The standard InChI is InChI=1S/C16H21NO5/c1-11(12-4-3-5-14(8-12)21-2)16(20)17-6-7-22-10-13(17)9-15(18)19/h3-5,8,11,13H,6-7,9-10H2,1-2H3,(H,18,19). The molecule has 2 atom stereocenters. The maximum absolute atomic E-state index is 12.7. The molecule has 2 unspecified atom stereocenters. The van der Waals surface area contributed by atoms with Crippen molar-refractivity contribution in [2.24, 2.45) is 0 Å². The van der Waals surface area contributed by atoms with E-state index in [1.54, 1.807) is 12.0 Å². The number of amides is 1. The van der Waals surface area contributed by atoms with Crippen molar-refractivity contribution in [2.45, 2.75) is 25.3 Å². The van der Waals surface area contributed by atoms with Crippen molar-refractivity contribution in [1.29, 1.82) is 0 Å². The van der Waals surface area contributed by atoms with Crippen molar-refractivity contribution in [1.82, 2.24) is 4.90 Å². The van der Waals surface area contributed by atoms with E-state index in [0.29, 0.717) is 18.9 Å². The van der Waals surface area contributed by atoms with Crippen LogP contribution in [0, 0.1) is 0 Å². The fourth-order valence-corrected chi connectivity index (χ4v) is 2.62. The van der Waals surface area contributed by atoms with Crippen LogP contribution >= 0.6 is 0 Å². The Bertz CT molecular complexity index is 545. The van der Waals surface area contributed by atoms with Crippen LogP contribution in [-0.2, 0) is 14.3 Å². The Kier molecular flexibility index (Phi) is 5.38. The minimum atomic E-state index is -0.928. The molecule has 0 aromatic heterocycles. The topological polar surface area (TPSA) is 76.1 Å². The van der Waals surface area contributed by atoms with Gasteiger partial charge in [0.1, 0.15) is 5.75 Å². The molecular formula is C16H21NO5. The van der Waals surface area contributed by atoms with Gasteiger partial charge < -0.3 is 19.5 Å². The third-order valence-electron chi connectivity index (χ3n) is 3.89. The number of rotatable bonds is 5. The minimum absolute atomic E-state index is 0.0807. The van der Waals surface area contributed by atoms with Gasteiger partial charge in [-0.15, -0.1) is 0 Å². The van der Waals surface area contributed by atoms with Gasteiger partial charge in [0.25, 0.3) is 0 Å². The van der Waals surface area contributed by atoms with Crippen molar-refractivity contribution in [2.75, 3.05) is 26.9 Å². The molecule has 0 saturated carbocycles. The number of ether oxygens (including phenoxy) is 2. The van der Waals surface area contributed by atoms with Crippen molar-refractivity contribution >= 4 is 11.9 Å². The van der Waals surface area contributed by atoms with E-state index >= 15 is 0 Å². The zero-order chi connectivity index (χ0) is 16.1. The normalized spacial score (nSPS) is 19.5. The summed E-state index contributed by atoms with van der Waals surface area (Å²) in [7, 11) is 1.58. The lowest BCUT2D eigenvalue weighted by molar-refractivity contribution is -0.147. The average Bonchev–Trinajstić information content (AvgIpc) is 2.53. The van der Waals surface area contributed by atoms with Gasteiger partial charge in [-0.1, -0.05) is 12.1 Å². The molecule has 1 aliphatic heterocycles. The monoisotopic (exact) mass is 307 g/mol. The van der Waals surface area contributed by atoms with Crippen LogP contribution < -0.4 is 4.74 Å². The van der Waals surface area contributed by atoms with E-state index in [4.69, 9.17) is 14.6 Å². The molecule has 1 aromatic rings. The Morgan fingerprint density at radius 3 is 2.95 bits per heavy atom. The van der Waals surface area contributed by atoms with E-state index in [2.05, 4.69) is 0 Å². The highest BCUT2D eigenvalue weighted by Crippen LogP contribution is 2.24. The molecule has 1 amide bonds. The van der Waals surface area contributed by atoms with Gasteiger partial charge in [-0.2, -0.15) is 0 Å². The van der Waals surface area contributed by atoms with Gasteiger partial charge in [0, 0.05) is 6.54 Å². The third-order valence-corrected chi connectivity index (χ3v) is 3.89. The van der Waals surface area contributed by atoms with Gasteiger partial charge in [0.2, 0.25) is 5.91 Å². The third kappa shape index (κ3) is 3.76. The Morgan fingerprint density at radius 1 is 1.50 bits per heavy atom. The number of nitrogens with zero attached hydrogens (tertiary/aromatic N) is 1. The second-order valence-corrected chi connectivity index (χ2v) is 5.36. The van der Waals surface area contributed by atoms with Crippen LogP contribution in [0.25, 0.3) is 0 Å². The van der Waals surface area contributed by atoms with Crippen LogP contribution in [0.2, 0.25) is 0 Å². The fourth-order valence-electron chi connectivity index (χ4n) is 2.62. The molecule has 0 bridgehead atoms. The van der Waals surface area contributed by atoms with E-state index in [-0.39, 0.29) is 24.9 Å². The lowest BCUT2D eigenvalue weighted by Crippen LogP contribution is -2.50. The highest BCUT2D eigenvalue weighted by atomic mass is 16.5. The molecule has 1 aromatic carbocycles. The van der Waals surface area contributed by atoms with Crippen molar-refractivity contribution in [3.8, 4) is 5.75 Å². The predicted octanol–water partition coefficient (Wildman–Crippen LogP) is 1.50. The van der Waals surface area contributed by atoms with Gasteiger partial charge in [-0.25, -0.2) is 0 Å². The summed E-state index contributed by atoms with van der Waals surface area (Å²) in [5.41, 5.74) is 0.852. The van der Waals surface area contributed by atoms with E-state index in [1.165, 1.54) is 0 Å². The SMILES string of the molecule is COc1cccc(C(C)C(=O)N2CCOCC2CC(=O)O)c1. The summed E-state index contributed by atoms with van der Waals surface area (Å²) in [5, 5.41) is 8.98. The first kappa shape index (κ1) is 16.3. The summed E-state index contributed by atoms with van der Waals surface area (Å²) < 4.78 is 10.5. The summed E-state index contributed by atoms with van der Waals surface area (Å²) in [6.45, 7) is 2.95. The molecule has 2 rings (SSSR count). The summed E-state index contributed by atoms with van der Waals surface area (Å²) in [6.07, 6.45) is -0.101. The number of methoxy groups -OCH3 is 1. The van der Waals surface area contributed by atoms with Crippen molar-refractivity contribution in [3.63, 3.8) is 0 Å². The van der Waals surface area contributed by atoms with Gasteiger partial charge in [-0.3, -0.25) is 9.59 Å². The summed E-state index contributed by atoms with van der Waals surface area (Å²) in [6, 6.07) is 6.95. The molecule has 120 valence electrons. The molecule has 1 fully saturated rings. The number of hydrogen-bond acceptors (Lipinski definition) is 4. The summed E-state index contributed by atoms with van der Waals surface area (Å²) in [5.74, 6) is -0.671. The minimum Gasteiger partial charge on any atom is -0.497 e. The molecule has 0 radical (unpaired) electrons. The maximum atomic E-state index is 12.7. The highest BCUT2D eigenvalue weighted by Gasteiger charge is 2.32. The number of aliphatic carboxylic acids is 1. The quantitative estimate of drug-likeness (QED) is 0.892. The van der Waals surface area contributed by atoms with Crippen LogP contribution in [0.3, 0.4) is 0 Å². The zero-order valence-corrected chi connectivity index (χ0v) is 12.8. The molecule has 0 aliphatic carbocycles. The van der Waals surface area contributed by atoms with E-state index in [0.717, 1.165) is 5.56 Å². The Labute approximate surface area is 129 Å². The number of carboxylic acid groups (broad SMARTS) is 1. The van der Waals surface area contributed by atoms with E-state index < -0.39 is 12.0 Å². The van der Waals surface area contributed by atoms with Crippen molar-refractivity contribution < 1.29 is 24.2 Å². The lowest BCUT2D eigenvalue weighted by atomic mass is 9.98. The number of carboxylic acids is 1. The summed E-state index contributed by atoms with van der Waals surface area (Å²) >= 11 is 0. The number of carbonyl (C=O) groups is 2. The Morgan fingerprint density at radius 2 is 2.27 bits per heavy atom. The van der Waals surface area contributed by atoms with E-state index in [9.17, 15) is 9.59 Å². The van der Waals surface area contributed by atoms with E-state index in [1.807, 2.05) is 31.2 Å². The number of morpholine rings is 1. The molecule has 1 N–H and O–H groups in total. The van der Waals surface area contributed by atoms with Crippen LogP contribution in [0.15, 0.2) is 24.3 Å². The van der Waals surface area contributed by atoms with Crippen LogP contribution in [0.1, 0.15) is 24.8 Å². The molecule has 22 heavy (non-hydrogen) atoms. The molecule has 1 heterocycles. The molecule has 1 aliphatic rings. The predicted molar refractivity (Wildman–Crippen MR) is 80.0 cm³/mol. The Balaban J connectivity index is 2.15. The second kappa shape index (κ2) is 7.26. The van der Waals surface area contributed by atoms with Crippen LogP contribution in [-0.4, -0.2) is 54.8 Å². The number of hydrogen-bond donors (Lipinski definition) is 1. The Hall–Kier alpha value is -2.08. The average molecular weight is 307 g/mol. The first-order chi connectivity index (χ1) is 10.5. The molecular weight excluding hydrogens is 286 g/mol. The maximum Gasteiger partial charge on any atom is 0.305 e. The molecule has 6 heteroatoms.